The largest absolute Gasteiger partial charge is 0.461 e. The van der Waals surface area contributed by atoms with Crippen molar-refractivity contribution >= 4 is 23.6 Å². The van der Waals surface area contributed by atoms with Crippen LogP contribution in [0.3, 0.4) is 0 Å². The molecule has 5 aliphatic carbocycles. The molecule has 4 saturated carbocycles. The molecule has 0 aromatic heterocycles. The molecular formula is C42H60N2O6. The van der Waals surface area contributed by atoms with Crippen LogP contribution in [0, 0.1) is 50.2 Å². The fourth-order valence-electron chi connectivity index (χ4n) is 12.1. The lowest BCUT2D eigenvalue weighted by Gasteiger charge is -2.70. The molecule has 0 aliphatic heterocycles. The number of rotatable bonds is 8. The van der Waals surface area contributed by atoms with Crippen molar-refractivity contribution in [2.45, 2.75) is 138 Å². The van der Waals surface area contributed by atoms with Crippen molar-refractivity contribution in [3.8, 4) is 0 Å². The van der Waals surface area contributed by atoms with Gasteiger partial charge in [0.25, 0.3) is 0 Å². The molecule has 1 amide bonds. The monoisotopic (exact) mass is 688 g/mol. The highest BCUT2D eigenvalue weighted by atomic mass is 16.5. The Labute approximate surface area is 298 Å². The minimum absolute atomic E-state index is 0.0391. The van der Waals surface area contributed by atoms with Gasteiger partial charge in [0, 0.05) is 17.8 Å². The summed E-state index contributed by atoms with van der Waals surface area (Å²) in [5.41, 5.74) is 12.0. The molecule has 6 rings (SSSR count). The molecule has 0 saturated heterocycles. The van der Waals surface area contributed by atoms with Gasteiger partial charge < -0.3 is 20.9 Å². The molecule has 4 N–H and O–H groups in total. The van der Waals surface area contributed by atoms with E-state index in [1.165, 1.54) is 5.57 Å². The van der Waals surface area contributed by atoms with E-state index in [0.29, 0.717) is 12.8 Å². The quantitative estimate of drug-likeness (QED) is 0.275. The summed E-state index contributed by atoms with van der Waals surface area (Å²) in [6.45, 7) is 16.2. The highest BCUT2D eigenvalue weighted by molar-refractivity contribution is 5.95. The maximum atomic E-state index is 14.8. The zero-order valence-corrected chi connectivity index (χ0v) is 31.4. The first kappa shape index (κ1) is 36.8. The first-order valence-corrected chi connectivity index (χ1v) is 19.0. The van der Waals surface area contributed by atoms with Crippen LogP contribution in [0.1, 0.15) is 125 Å². The number of hydrogen-bond donors (Lipinski definition) is 2. The SMILES string of the molecule is CC1(C)[C@@H](OC(=O)[C@@H](N)CCC(N)=O)CC[C@]2(C)[C@H]3C(=O)C=C4[C@@H]5C[C@@](C)(C(=O)OCc6ccccc6)CC[C@]5(C)CC[C@@]4(C)[C@]3(C)CC[C@@H]12. The molecule has 5 aliphatic rings. The number of ether oxygens (including phenoxy) is 2. The number of ketones is 1. The molecule has 0 heterocycles. The molecule has 8 heteroatoms. The Hall–Kier alpha value is -3.00. The smallest absolute Gasteiger partial charge is 0.323 e. The van der Waals surface area contributed by atoms with E-state index < -0.39 is 23.3 Å². The maximum Gasteiger partial charge on any atom is 0.323 e. The van der Waals surface area contributed by atoms with Crippen LogP contribution in [0.4, 0.5) is 0 Å². The third-order valence-corrected chi connectivity index (χ3v) is 15.5. The molecule has 274 valence electrons. The highest BCUT2D eigenvalue weighted by Gasteiger charge is 2.70. The van der Waals surface area contributed by atoms with Gasteiger partial charge in [-0.05, 0) is 116 Å². The first-order chi connectivity index (χ1) is 23.3. The van der Waals surface area contributed by atoms with E-state index in [1.807, 2.05) is 36.4 Å². The van der Waals surface area contributed by atoms with Gasteiger partial charge >= 0.3 is 11.9 Å². The van der Waals surface area contributed by atoms with Crippen LogP contribution in [0.5, 0.6) is 0 Å². The van der Waals surface area contributed by atoms with Crippen molar-refractivity contribution in [2.75, 3.05) is 0 Å². The van der Waals surface area contributed by atoms with E-state index in [1.54, 1.807) is 0 Å². The summed E-state index contributed by atoms with van der Waals surface area (Å²) >= 11 is 0. The third-order valence-electron chi connectivity index (χ3n) is 15.5. The van der Waals surface area contributed by atoms with Gasteiger partial charge in [-0.25, -0.2) is 0 Å². The van der Waals surface area contributed by atoms with Crippen molar-refractivity contribution in [3.05, 3.63) is 47.5 Å². The molecule has 8 nitrogen and oxygen atoms in total. The second-order valence-corrected chi connectivity index (χ2v) is 18.7. The summed E-state index contributed by atoms with van der Waals surface area (Å²) in [5.74, 6) is -0.713. The summed E-state index contributed by atoms with van der Waals surface area (Å²) in [7, 11) is 0. The number of carbonyl (C=O) groups excluding carboxylic acids is 4. The summed E-state index contributed by atoms with van der Waals surface area (Å²) in [5, 5.41) is 0. The normalized spacial score (nSPS) is 40.9. The molecule has 1 aromatic rings. The summed E-state index contributed by atoms with van der Waals surface area (Å²) in [4.78, 5) is 52.8. The Bertz CT molecular complexity index is 1570. The standard InChI is InChI=1S/C42H60N2O6/c1-37(2)31-15-18-42(7)34(40(31,5)17-16-32(37)50-35(47)29(43)13-14-33(44)46)30(45)23-27-28-24-39(4,20-19-38(28,3)21-22-41(27,42)6)36(48)49-25-26-11-9-8-10-12-26/h8-12,23,28-29,31-32,34H,13-22,24-25,43H2,1-7H3,(H2,44,46)/t28-,29-,31-,32-,34+,38+,39-,40-,41+,42+/m0/s1. The minimum Gasteiger partial charge on any atom is -0.461 e. The minimum atomic E-state index is -0.894. The Morgan fingerprint density at radius 3 is 2.26 bits per heavy atom. The van der Waals surface area contributed by atoms with Crippen LogP contribution < -0.4 is 11.5 Å². The number of fused-ring (bicyclic) bond motifs is 7. The van der Waals surface area contributed by atoms with E-state index in [9.17, 15) is 19.2 Å². The van der Waals surface area contributed by atoms with Crippen LogP contribution in [0.15, 0.2) is 42.0 Å². The van der Waals surface area contributed by atoms with Crippen LogP contribution >= 0.6 is 0 Å². The van der Waals surface area contributed by atoms with E-state index in [2.05, 4.69) is 48.5 Å². The molecule has 0 radical (unpaired) electrons. The van der Waals surface area contributed by atoms with Crippen LogP contribution in [0.2, 0.25) is 0 Å². The Balaban J connectivity index is 1.26. The molecular weight excluding hydrogens is 628 g/mol. The number of primary amides is 1. The Kier molecular flexibility index (Phi) is 9.26. The van der Waals surface area contributed by atoms with E-state index in [0.717, 1.165) is 50.5 Å². The van der Waals surface area contributed by atoms with Crippen molar-refractivity contribution in [1.82, 2.24) is 0 Å². The average Bonchev–Trinajstić information content (AvgIpc) is 3.05. The molecule has 0 unspecified atom stereocenters. The number of hydrogen-bond acceptors (Lipinski definition) is 7. The van der Waals surface area contributed by atoms with Gasteiger partial charge in [-0.15, -0.1) is 0 Å². The number of allylic oxidation sites excluding steroid dienone is 2. The second-order valence-electron chi connectivity index (χ2n) is 18.7. The summed E-state index contributed by atoms with van der Waals surface area (Å²) < 4.78 is 12.0. The lowest BCUT2D eigenvalue weighted by molar-refractivity contribution is -0.211. The Morgan fingerprint density at radius 1 is 0.900 bits per heavy atom. The van der Waals surface area contributed by atoms with Crippen LogP contribution in [-0.2, 0) is 35.3 Å². The van der Waals surface area contributed by atoms with Gasteiger partial charge in [0.15, 0.2) is 5.78 Å². The summed E-state index contributed by atoms with van der Waals surface area (Å²) in [6, 6.07) is 8.95. The van der Waals surface area contributed by atoms with Crippen LogP contribution in [-0.4, -0.2) is 35.8 Å². The number of amides is 1. The Morgan fingerprint density at radius 2 is 1.58 bits per heavy atom. The highest BCUT2D eigenvalue weighted by Crippen LogP contribution is 2.75. The van der Waals surface area contributed by atoms with E-state index >= 15 is 0 Å². The van der Waals surface area contributed by atoms with Crippen molar-refractivity contribution in [1.29, 1.82) is 0 Å². The predicted octanol–water partition coefficient (Wildman–Crippen LogP) is 7.22. The van der Waals surface area contributed by atoms with Gasteiger partial charge in [0.2, 0.25) is 5.91 Å². The first-order valence-electron chi connectivity index (χ1n) is 19.0. The van der Waals surface area contributed by atoms with Crippen molar-refractivity contribution in [3.63, 3.8) is 0 Å². The predicted molar refractivity (Wildman–Crippen MR) is 192 cm³/mol. The van der Waals surface area contributed by atoms with Gasteiger partial charge in [-0.1, -0.05) is 77.4 Å². The second kappa shape index (κ2) is 12.6. The number of nitrogens with two attached hydrogens (primary N) is 2. The van der Waals surface area contributed by atoms with Crippen molar-refractivity contribution < 1.29 is 28.7 Å². The lowest BCUT2D eigenvalue weighted by atomic mass is 9.33. The number of carbonyl (C=O) groups is 4. The van der Waals surface area contributed by atoms with Gasteiger partial charge in [-0.3, -0.25) is 19.2 Å². The number of esters is 2. The topological polar surface area (TPSA) is 139 Å². The molecule has 4 fully saturated rings. The molecule has 1 aromatic carbocycles. The maximum absolute atomic E-state index is 14.8. The van der Waals surface area contributed by atoms with E-state index in [-0.39, 0.29) is 82.1 Å². The molecule has 50 heavy (non-hydrogen) atoms. The van der Waals surface area contributed by atoms with E-state index in [4.69, 9.17) is 20.9 Å². The summed E-state index contributed by atoms with van der Waals surface area (Å²) in [6.07, 6.45) is 9.78. The average molecular weight is 689 g/mol. The molecule has 10 atom stereocenters. The van der Waals surface area contributed by atoms with Gasteiger partial charge in [0.1, 0.15) is 18.8 Å². The zero-order chi connectivity index (χ0) is 36.5. The third kappa shape index (κ3) is 5.76. The molecule has 0 bridgehead atoms. The molecule has 0 spiro atoms. The fourth-order valence-corrected chi connectivity index (χ4v) is 12.1. The van der Waals surface area contributed by atoms with Gasteiger partial charge in [0.05, 0.1) is 5.41 Å². The lowest BCUT2D eigenvalue weighted by Crippen LogP contribution is -2.67. The van der Waals surface area contributed by atoms with Crippen LogP contribution in [0.25, 0.3) is 0 Å². The number of benzene rings is 1. The van der Waals surface area contributed by atoms with Crippen molar-refractivity contribution in [2.24, 2.45) is 61.7 Å². The van der Waals surface area contributed by atoms with Gasteiger partial charge in [-0.2, -0.15) is 0 Å². The fraction of sp³-hybridized carbons (Fsp3) is 0.714. The zero-order valence-electron chi connectivity index (χ0n) is 31.4.